The molecule has 152 valence electrons. The van der Waals surface area contributed by atoms with Gasteiger partial charge in [-0.1, -0.05) is 48.5 Å². The van der Waals surface area contributed by atoms with Crippen LogP contribution in [0.3, 0.4) is 0 Å². The number of benzene rings is 3. The largest absolute Gasteiger partial charge is 0.508 e. The van der Waals surface area contributed by atoms with Crippen LogP contribution in [0, 0.1) is 0 Å². The summed E-state index contributed by atoms with van der Waals surface area (Å²) in [4.78, 5) is 13.2. The van der Waals surface area contributed by atoms with Crippen molar-refractivity contribution in [3.8, 4) is 11.5 Å². The van der Waals surface area contributed by atoms with Gasteiger partial charge in [0.25, 0.3) is 0 Å². The zero-order chi connectivity index (χ0) is 20.8. The summed E-state index contributed by atoms with van der Waals surface area (Å²) in [5, 5.41) is 23.3. The second-order valence-corrected chi connectivity index (χ2v) is 7.49. The summed E-state index contributed by atoms with van der Waals surface area (Å²) >= 11 is 0. The van der Waals surface area contributed by atoms with Crippen LogP contribution >= 0.6 is 0 Å². The number of rotatable bonds is 4. The molecule has 0 radical (unpaired) electrons. The van der Waals surface area contributed by atoms with Crippen LogP contribution in [0.15, 0.2) is 60.7 Å². The van der Waals surface area contributed by atoms with Gasteiger partial charge in [-0.2, -0.15) is 0 Å². The molecule has 0 aromatic heterocycles. The van der Waals surface area contributed by atoms with E-state index in [0.717, 1.165) is 54.2 Å². The molecule has 29 heavy (non-hydrogen) atoms. The normalized spacial score (nSPS) is 14.8. The van der Waals surface area contributed by atoms with Gasteiger partial charge < -0.3 is 15.1 Å². The smallest absolute Gasteiger partial charge is 0.209 e. The number of phenols is 2. The molecule has 3 aromatic rings. The molecule has 1 saturated heterocycles. The molecule has 3 aromatic carbocycles. The van der Waals surface area contributed by atoms with Crippen molar-refractivity contribution in [1.82, 2.24) is 9.80 Å². The SMILES string of the molecule is CN(C)C=O.Oc1ccccc1[C@@H](c1c(O)ccc2ccccc12)N1CCCC1. The Morgan fingerprint density at radius 3 is 2.17 bits per heavy atom. The molecule has 0 spiro atoms. The van der Waals surface area contributed by atoms with Gasteiger partial charge in [-0.15, -0.1) is 0 Å². The minimum atomic E-state index is -0.139. The summed E-state index contributed by atoms with van der Waals surface area (Å²) in [5.74, 6) is 0.565. The molecule has 0 saturated carbocycles. The first-order valence-corrected chi connectivity index (χ1v) is 9.87. The van der Waals surface area contributed by atoms with E-state index in [1.165, 1.54) is 4.90 Å². The first kappa shape index (κ1) is 20.7. The molecular weight excluding hydrogens is 364 g/mol. The van der Waals surface area contributed by atoms with E-state index in [1.807, 2.05) is 42.5 Å². The van der Waals surface area contributed by atoms with Crippen LogP contribution in [0.5, 0.6) is 11.5 Å². The van der Waals surface area contributed by atoms with Gasteiger partial charge in [0.2, 0.25) is 6.41 Å². The Morgan fingerprint density at radius 2 is 1.52 bits per heavy atom. The van der Waals surface area contributed by atoms with Gasteiger partial charge >= 0.3 is 0 Å². The van der Waals surface area contributed by atoms with Crippen molar-refractivity contribution in [1.29, 1.82) is 0 Å². The maximum Gasteiger partial charge on any atom is 0.209 e. The molecule has 1 amide bonds. The molecule has 2 N–H and O–H groups in total. The van der Waals surface area contributed by atoms with Crippen LogP contribution in [0.4, 0.5) is 0 Å². The molecule has 1 aliphatic heterocycles. The monoisotopic (exact) mass is 392 g/mol. The lowest BCUT2D eigenvalue weighted by Crippen LogP contribution is -2.27. The third-order valence-corrected chi connectivity index (χ3v) is 5.17. The zero-order valence-corrected chi connectivity index (χ0v) is 17.0. The number of phenolic OH excluding ortho intramolecular Hbond substituents is 2. The van der Waals surface area contributed by atoms with Gasteiger partial charge in [0, 0.05) is 25.2 Å². The Bertz CT molecular complexity index is 965. The number of carbonyl (C=O) groups is 1. The number of hydrogen-bond donors (Lipinski definition) is 2. The number of fused-ring (bicyclic) bond motifs is 1. The third-order valence-electron chi connectivity index (χ3n) is 5.17. The zero-order valence-electron chi connectivity index (χ0n) is 17.0. The molecule has 0 bridgehead atoms. The lowest BCUT2D eigenvalue weighted by Gasteiger charge is -2.30. The Kier molecular flexibility index (Phi) is 6.73. The van der Waals surface area contributed by atoms with E-state index in [-0.39, 0.29) is 17.5 Å². The van der Waals surface area contributed by atoms with Crippen LogP contribution < -0.4 is 0 Å². The van der Waals surface area contributed by atoms with Crippen molar-refractivity contribution in [3.63, 3.8) is 0 Å². The van der Waals surface area contributed by atoms with Crippen molar-refractivity contribution in [2.45, 2.75) is 18.9 Å². The topological polar surface area (TPSA) is 64.0 Å². The summed E-state index contributed by atoms with van der Waals surface area (Å²) in [6.45, 7) is 1.95. The average molecular weight is 392 g/mol. The van der Waals surface area contributed by atoms with E-state index in [0.29, 0.717) is 0 Å². The Labute approximate surface area is 171 Å². The summed E-state index contributed by atoms with van der Waals surface area (Å²) in [6, 6.07) is 19.1. The van der Waals surface area contributed by atoms with E-state index in [1.54, 1.807) is 26.2 Å². The standard InChI is InChI=1S/C21H21NO2.C3H7NO/c23-18-10-4-3-9-17(18)21(22-13-5-6-14-22)20-16-8-2-1-7-15(16)11-12-19(20)24;1-4(2)3-5/h1-4,7-12,21,23-24H,5-6,13-14H2;3H,1-2H3/t21-;/m0./s1. The molecule has 0 unspecified atom stereocenters. The number of para-hydroxylation sites is 1. The highest BCUT2D eigenvalue weighted by Gasteiger charge is 2.30. The molecule has 5 heteroatoms. The molecular formula is C24H28N2O3. The third kappa shape index (κ3) is 4.69. The number of aromatic hydroxyl groups is 2. The van der Waals surface area contributed by atoms with Crippen LogP contribution in [0.25, 0.3) is 10.8 Å². The Balaban J connectivity index is 0.000000431. The molecule has 1 atom stereocenters. The predicted molar refractivity (Wildman–Crippen MR) is 116 cm³/mol. The number of nitrogens with zero attached hydrogens (tertiary/aromatic N) is 2. The van der Waals surface area contributed by atoms with Gasteiger partial charge in [0.05, 0.1) is 6.04 Å². The Hall–Kier alpha value is -3.05. The van der Waals surface area contributed by atoms with Crippen molar-refractivity contribution in [2.24, 2.45) is 0 Å². The fourth-order valence-electron chi connectivity index (χ4n) is 3.82. The van der Waals surface area contributed by atoms with Crippen molar-refractivity contribution < 1.29 is 15.0 Å². The van der Waals surface area contributed by atoms with E-state index in [4.69, 9.17) is 0 Å². The van der Waals surface area contributed by atoms with Crippen LogP contribution in [0.2, 0.25) is 0 Å². The van der Waals surface area contributed by atoms with E-state index < -0.39 is 0 Å². The highest BCUT2D eigenvalue weighted by atomic mass is 16.3. The van der Waals surface area contributed by atoms with Gasteiger partial charge in [-0.3, -0.25) is 9.69 Å². The maximum atomic E-state index is 10.7. The quantitative estimate of drug-likeness (QED) is 0.655. The fourth-order valence-corrected chi connectivity index (χ4v) is 3.82. The maximum absolute atomic E-state index is 10.7. The minimum absolute atomic E-state index is 0.139. The van der Waals surface area contributed by atoms with Crippen LogP contribution in [0.1, 0.15) is 30.0 Å². The van der Waals surface area contributed by atoms with E-state index >= 15 is 0 Å². The number of amides is 1. The minimum Gasteiger partial charge on any atom is -0.508 e. The predicted octanol–water partition coefficient (Wildman–Crippen LogP) is 4.14. The first-order chi connectivity index (χ1) is 14.0. The summed E-state index contributed by atoms with van der Waals surface area (Å²) in [6.07, 6.45) is 3.05. The number of carbonyl (C=O) groups excluding carboxylic acids is 1. The first-order valence-electron chi connectivity index (χ1n) is 9.87. The van der Waals surface area contributed by atoms with Gasteiger partial charge in [0.15, 0.2) is 0 Å². The van der Waals surface area contributed by atoms with Crippen molar-refractivity contribution in [3.05, 3.63) is 71.8 Å². The summed E-state index contributed by atoms with van der Waals surface area (Å²) in [7, 11) is 3.38. The van der Waals surface area contributed by atoms with E-state index in [9.17, 15) is 15.0 Å². The van der Waals surface area contributed by atoms with Gasteiger partial charge in [0.1, 0.15) is 11.5 Å². The molecule has 4 rings (SSSR count). The second-order valence-electron chi connectivity index (χ2n) is 7.49. The second kappa shape index (κ2) is 9.43. The highest BCUT2D eigenvalue weighted by Crippen LogP contribution is 2.42. The number of hydrogen-bond acceptors (Lipinski definition) is 4. The molecule has 0 aliphatic carbocycles. The molecule has 1 aliphatic rings. The molecule has 1 heterocycles. The van der Waals surface area contributed by atoms with E-state index in [2.05, 4.69) is 11.0 Å². The summed E-state index contributed by atoms with van der Waals surface area (Å²) < 4.78 is 0. The number of likely N-dealkylation sites (tertiary alicyclic amines) is 1. The van der Waals surface area contributed by atoms with Crippen LogP contribution in [-0.2, 0) is 4.79 Å². The van der Waals surface area contributed by atoms with Crippen molar-refractivity contribution in [2.75, 3.05) is 27.2 Å². The average Bonchev–Trinajstić information content (AvgIpc) is 3.26. The highest BCUT2D eigenvalue weighted by molar-refractivity contribution is 5.88. The van der Waals surface area contributed by atoms with Crippen molar-refractivity contribution >= 4 is 17.2 Å². The fraction of sp³-hybridized carbons (Fsp3) is 0.292. The molecule has 5 nitrogen and oxygen atoms in total. The summed E-state index contributed by atoms with van der Waals surface area (Å²) in [5.41, 5.74) is 1.74. The molecule has 1 fully saturated rings. The lowest BCUT2D eigenvalue weighted by atomic mass is 9.91. The van der Waals surface area contributed by atoms with Gasteiger partial charge in [-0.05, 0) is 48.8 Å². The lowest BCUT2D eigenvalue weighted by molar-refractivity contribution is -0.115. The Morgan fingerprint density at radius 1 is 0.897 bits per heavy atom. The van der Waals surface area contributed by atoms with Crippen LogP contribution in [-0.4, -0.2) is 53.6 Å². The van der Waals surface area contributed by atoms with Gasteiger partial charge in [-0.25, -0.2) is 0 Å².